The van der Waals surface area contributed by atoms with Crippen LogP contribution < -0.4 is 0 Å². The molecule has 0 N–H and O–H groups in total. The summed E-state index contributed by atoms with van der Waals surface area (Å²) < 4.78 is 10.5. The van der Waals surface area contributed by atoms with Crippen LogP contribution in [0.25, 0.3) is 0 Å². The molecule has 2 nitrogen and oxygen atoms in total. The van der Waals surface area contributed by atoms with Crippen LogP contribution >= 0.6 is 0 Å². The quantitative estimate of drug-likeness (QED) is 0.531. The molecule has 1 fully saturated rings. The standard InChI is InChI=1S/C7H14O2/c1-6-3-4-7(8-2)5-9-6/h6-7H,3-5H2,1-2H3/t6?,7-/m0/s1. The Morgan fingerprint density at radius 2 is 2.22 bits per heavy atom. The molecule has 1 unspecified atom stereocenters. The van der Waals surface area contributed by atoms with Crippen LogP contribution in [0.4, 0.5) is 0 Å². The molecule has 0 aromatic heterocycles. The number of ether oxygens (including phenoxy) is 2. The van der Waals surface area contributed by atoms with Gasteiger partial charge < -0.3 is 9.47 Å². The lowest BCUT2D eigenvalue weighted by molar-refractivity contribution is -0.0641. The zero-order valence-electron chi connectivity index (χ0n) is 6.09. The maximum atomic E-state index is 5.36. The Labute approximate surface area is 56.2 Å². The monoisotopic (exact) mass is 130 g/mol. The zero-order chi connectivity index (χ0) is 6.69. The van der Waals surface area contributed by atoms with Gasteiger partial charge in [-0.05, 0) is 19.8 Å². The molecule has 1 aliphatic rings. The van der Waals surface area contributed by atoms with Crippen LogP contribution in [0.15, 0.2) is 0 Å². The SMILES string of the molecule is CO[C@H]1CCC(C)OC1. The third-order valence-electron chi connectivity index (χ3n) is 1.80. The summed E-state index contributed by atoms with van der Waals surface area (Å²) in [7, 11) is 1.74. The predicted octanol–water partition coefficient (Wildman–Crippen LogP) is 1.20. The molecule has 9 heavy (non-hydrogen) atoms. The van der Waals surface area contributed by atoms with E-state index in [1.165, 1.54) is 0 Å². The van der Waals surface area contributed by atoms with E-state index in [-0.39, 0.29) is 0 Å². The van der Waals surface area contributed by atoms with Gasteiger partial charge >= 0.3 is 0 Å². The first kappa shape index (κ1) is 7.03. The molecule has 0 amide bonds. The molecule has 1 heterocycles. The van der Waals surface area contributed by atoms with Crippen LogP contribution in [0.5, 0.6) is 0 Å². The minimum atomic E-state index is 0.348. The van der Waals surface area contributed by atoms with Crippen LogP contribution in [-0.2, 0) is 9.47 Å². The van der Waals surface area contributed by atoms with E-state index in [2.05, 4.69) is 6.92 Å². The van der Waals surface area contributed by atoms with Gasteiger partial charge in [-0.2, -0.15) is 0 Å². The summed E-state index contributed by atoms with van der Waals surface area (Å²) in [6, 6.07) is 0. The van der Waals surface area contributed by atoms with Crippen molar-refractivity contribution >= 4 is 0 Å². The predicted molar refractivity (Wildman–Crippen MR) is 35.4 cm³/mol. The van der Waals surface area contributed by atoms with Crippen LogP contribution in [-0.4, -0.2) is 25.9 Å². The highest BCUT2D eigenvalue weighted by atomic mass is 16.5. The largest absolute Gasteiger partial charge is 0.379 e. The molecule has 1 aliphatic heterocycles. The molecule has 0 spiro atoms. The Balaban J connectivity index is 2.18. The Hall–Kier alpha value is -0.0800. The molecule has 1 rings (SSSR count). The van der Waals surface area contributed by atoms with Crippen molar-refractivity contribution in [3.8, 4) is 0 Å². The van der Waals surface area contributed by atoms with Crippen molar-refractivity contribution < 1.29 is 9.47 Å². The van der Waals surface area contributed by atoms with Crippen molar-refractivity contribution in [2.75, 3.05) is 13.7 Å². The molecule has 0 aliphatic carbocycles. The molecular formula is C7H14O2. The van der Waals surface area contributed by atoms with E-state index in [4.69, 9.17) is 9.47 Å². The third kappa shape index (κ3) is 1.95. The fourth-order valence-corrected chi connectivity index (χ4v) is 1.04. The Bertz CT molecular complexity index is 75.0. The van der Waals surface area contributed by atoms with E-state index in [9.17, 15) is 0 Å². The van der Waals surface area contributed by atoms with Crippen molar-refractivity contribution in [3.63, 3.8) is 0 Å². The molecule has 0 radical (unpaired) electrons. The molecule has 0 aromatic rings. The van der Waals surface area contributed by atoms with Gasteiger partial charge in [0.05, 0.1) is 18.8 Å². The first-order valence-electron chi connectivity index (χ1n) is 3.47. The van der Waals surface area contributed by atoms with Gasteiger partial charge in [0.25, 0.3) is 0 Å². The average molecular weight is 130 g/mol. The lowest BCUT2D eigenvalue weighted by Crippen LogP contribution is -2.28. The van der Waals surface area contributed by atoms with E-state index in [0.29, 0.717) is 12.2 Å². The van der Waals surface area contributed by atoms with Crippen LogP contribution in [0, 0.1) is 0 Å². The lowest BCUT2D eigenvalue weighted by Gasteiger charge is -2.25. The van der Waals surface area contributed by atoms with E-state index in [1.807, 2.05) is 0 Å². The summed E-state index contributed by atoms with van der Waals surface area (Å²) in [5.41, 5.74) is 0. The van der Waals surface area contributed by atoms with Crippen LogP contribution in [0.1, 0.15) is 19.8 Å². The minimum absolute atomic E-state index is 0.348. The summed E-state index contributed by atoms with van der Waals surface area (Å²) in [6.07, 6.45) is 3.08. The highest BCUT2D eigenvalue weighted by Crippen LogP contribution is 2.14. The maximum absolute atomic E-state index is 5.36. The summed E-state index contributed by atoms with van der Waals surface area (Å²) in [5.74, 6) is 0. The third-order valence-corrected chi connectivity index (χ3v) is 1.80. The smallest absolute Gasteiger partial charge is 0.0805 e. The van der Waals surface area contributed by atoms with E-state index >= 15 is 0 Å². The number of methoxy groups -OCH3 is 1. The molecule has 2 atom stereocenters. The van der Waals surface area contributed by atoms with Gasteiger partial charge in [-0.1, -0.05) is 0 Å². The number of hydrogen-bond acceptors (Lipinski definition) is 2. The molecule has 0 bridgehead atoms. The van der Waals surface area contributed by atoms with Gasteiger partial charge in [0.1, 0.15) is 0 Å². The second-order valence-corrected chi connectivity index (χ2v) is 2.58. The molecular weight excluding hydrogens is 116 g/mol. The topological polar surface area (TPSA) is 18.5 Å². The zero-order valence-corrected chi connectivity index (χ0v) is 6.09. The van der Waals surface area contributed by atoms with Gasteiger partial charge in [0, 0.05) is 7.11 Å². The fraction of sp³-hybridized carbons (Fsp3) is 1.00. The maximum Gasteiger partial charge on any atom is 0.0805 e. The summed E-state index contributed by atoms with van der Waals surface area (Å²) >= 11 is 0. The van der Waals surface area contributed by atoms with Gasteiger partial charge in [-0.15, -0.1) is 0 Å². The van der Waals surface area contributed by atoms with Crippen molar-refractivity contribution in [1.29, 1.82) is 0 Å². The Morgan fingerprint density at radius 3 is 2.67 bits per heavy atom. The second-order valence-electron chi connectivity index (χ2n) is 2.58. The van der Waals surface area contributed by atoms with E-state index in [0.717, 1.165) is 19.4 Å². The van der Waals surface area contributed by atoms with Crippen molar-refractivity contribution in [2.24, 2.45) is 0 Å². The normalized spacial score (nSPS) is 36.7. The number of rotatable bonds is 1. The van der Waals surface area contributed by atoms with Crippen molar-refractivity contribution in [3.05, 3.63) is 0 Å². The molecule has 54 valence electrons. The highest BCUT2D eigenvalue weighted by Gasteiger charge is 2.16. The van der Waals surface area contributed by atoms with Crippen molar-refractivity contribution in [1.82, 2.24) is 0 Å². The van der Waals surface area contributed by atoms with E-state index in [1.54, 1.807) is 7.11 Å². The summed E-state index contributed by atoms with van der Waals surface area (Å²) in [6.45, 7) is 2.88. The van der Waals surface area contributed by atoms with Crippen LogP contribution in [0.3, 0.4) is 0 Å². The van der Waals surface area contributed by atoms with Crippen molar-refractivity contribution in [2.45, 2.75) is 32.0 Å². The average Bonchev–Trinajstić information content (AvgIpc) is 1.90. The summed E-state index contributed by atoms with van der Waals surface area (Å²) in [4.78, 5) is 0. The molecule has 0 aromatic carbocycles. The molecule has 0 saturated carbocycles. The first-order valence-corrected chi connectivity index (χ1v) is 3.47. The highest BCUT2D eigenvalue weighted by molar-refractivity contribution is 4.66. The minimum Gasteiger partial charge on any atom is -0.379 e. The Kier molecular flexibility index (Phi) is 2.49. The van der Waals surface area contributed by atoms with Gasteiger partial charge in [-0.25, -0.2) is 0 Å². The van der Waals surface area contributed by atoms with Gasteiger partial charge in [-0.3, -0.25) is 0 Å². The molecule has 2 heteroatoms. The lowest BCUT2D eigenvalue weighted by atomic mass is 10.1. The second kappa shape index (κ2) is 3.18. The molecule has 1 saturated heterocycles. The van der Waals surface area contributed by atoms with Gasteiger partial charge in [0.2, 0.25) is 0 Å². The van der Waals surface area contributed by atoms with Gasteiger partial charge in [0.15, 0.2) is 0 Å². The summed E-state index contributed by atoms with van der Waals surface area (Å²) in [5, 5.41) is 0. The first-order chi connectivity index (χ1) is 4.33. The fourth-order valence-electron chi connectivity index (χ4n) is 1.04. The number of hydrogen-bond donors (Lipinski definition) is 0. The van der Waals surface area contributed by atoms with E-state index < -0.39 is 0 Å². The Morgan fingerprint density at radius 1 is 1.44 bits per heavy atom. The van der Waals surface area contributed by atoms with Crippen LogP contribution in [0.2, 0.25) is 0 Å².